The third kappa shape index (κ3) is 5.30. The average Bonchev–Trinajstić information content (AvgIpc) is 2.90. The monoisotopic (exact) mass is 282 g/mol. The van der Waals surface area contributed by atoms with Crippen molar-refractivity contribution in [2.24, 2.45) is 0 Å². The Bertz CT molecular complexity index is 375. The Morgan fingerprint density at radius 3 is 3.05 bits per heavy atom. The van der Waals surface area contributed by atoms with Crippen LogP contribution in [-0.2, 0) is 16.0 Å². The molecule has 1 atom stereocenters. The molecule has 19 heavy (non-hydrogen) atoms. The number of carbonyl (C=O) groups is 1. The molecular formula is C14H22N2O2S. The van der Waals surface area contributed by atoms with Gasteiger partial charge in [-0.15, -0.1) is 11.3 Å². The quantitative estimate of drug-likeness (QED) is 0.832. The Hall–Kier alpha value is -0.910. The fourth-order valence-electron chi connectivity index (χ4n) is 2.25. The lowest BCUT2D eigenvalue weighted by Gasteiger charge is -2.23. The molecule has 5 heteroatoms. The largest absolute Gasteiger partial charge is 0.368 e. The molecule has 106 valence electrons. The van der Waals surface area contributed by atoms with E-state index in [0.717, 1.165) is 32.4 Å². The molecule has 1 aromatic rings. The maximum atomic E-state index is 11.8. The van der Waals surface area contributed by atoms with Gasteiger partial charge < -0.3 is 15.4 Å². The second-order valence-electron chi connectivity index (χ2n) is 5.01. The zero-order valence-corrected chi connectivity index (χ0v) is 12.2. The van der Waals surface area contributed by atoms with E-state index >= 15 is 0 Å². The van der Waals surface area contributed by atoms with Crippen molar-refractivity contribution in [1.82, 2.24) is 10.6 Å². The first-order chi connectivity index (χ1) is 9.24. The summed E-state index contributed by atoms with van der Waals surface area (Å²) in [6, 6.07) is 4.29. The molecule has 0 saturated carbocycles. The normalized spacial score (nSPS) is 18.2. The molecule has 1 amide bonds. The maximum absolute atomic E-state index is 11.8. The van der Waals surface area contributed by atoms with Gasteiger partial charge in [0.05, 0.1) is 6.10 Å². The molecule has 1 aromatic heterocycles. The van der Waals surface area contributed by atoms with Crippen molar-refractivity contribution in [3.05, 3.63) is 22.4 Å². The predicted molar refractivity (Wildman–Crippen MR) is 77.5 cm³/mol. The Kier molecular flexibility index (Phi) is 5.82. The molecule has 0 bridgehead atoms. The van der Waals surface area contributed by atoms with Crippen molar-refractivity contribution in [3.8, 4) is 0 Å². The van der Waals surface area contributed by atoms with Crippen molar-refractivity contribution in [2.45, 2.75) is 38.3 Å². The zero-order chi connectivity index (χ0) is 13.5. The minimum atomic E-state index is -0.0115. The summed E-state index contributed by atoms with van der Waals surface area (Å²) in [7, 11) is 0. The van der Waals surface area contributed by atoms with E-state index < -0.39 is 0 Å². The summed E-state index contributed by atoms with van der Waals surface area (Å²) < 4.78 is 5.63. The van der Waals surface area contributed by atoms with Crippen LogP contribution < -0.4 is 10.6 Å². The average molecular weight is 282 g/mol. The van der Waals surface area contributed by atoms with Crippen LogP contribution in [0.3, 0.4) is 0 Å². The number of nitrogens with one attached hydrogen (secondary N) is 2. The lowest BCUT2D eigenvalue weighted by molar-refractivity contribution is -0.128. The highest BCUT2D eigenvalue weighted by Gasteiger charge is 2.15. The molecule has 1 aliphatic rings. The highest BCUT2D eigenvalue weighted by atomic mass is 32.1. The minimum Gasteiger partial charge on any atom is -0.368 e. The zero-order valence-electron chi connectivity index (χ0n) is 11.4. The summed E-state index contributed by atoms with van der Waals surface area (Å²) >= 11 is 1.72. The molecule has 1 saturated heterocycles. The number of ether oxygens (including phenoxy) is 1. The van der Waals surface area contributed by atoms with E-state index in [1.165, 1.54) is 4.88 Å². The number of carbonyl (C=O) groups excluding carboxylic acids is 1. The number of hydrogen-bond donors (Lipinski definition) is 2. The third-order valence-electron chi connectivity index (χ3n) is 3.23. The predicted octanol–water partition coefficient (Wildman–Crippen LogP) is 1.56. The van der Waals surface area contributed by atoms with Crippen LogP contribution in [0.25, 0.3) is 0 Å². The van der Waals surface area contributed by atoms with Gasteiger partial charge in [0, 0.05) is 17.3 Å². The Morgan fingerprint density at radius 2 is 2.37 bits per heavy atom. The molecule has 0 spiro atoms. The van der Waals surface area contributed by atoms with Gasteiger partial charge in [-0.3, -0.25) is 4.79 Å². The lowest BCUT2D eigenvalue weighted by Crippen LogP contribution is -2.39. The van der Waals surface area contributed by atoms with E-state index in [2.05, 4.69) is 22.1 Å². The van der Waals surface area contributed by atoms with Crippen LogP contribution in [-0.4, -0.2) is 37.7 Å². The molecule has 1 fully saturated rings. The number of piperidine rings is 1. The topological polar surface area (TPSA) is 50.4 Å². The van der Waals surface area contributed by atoms with Crippen molar-refractivity contribution in [3.63, 3.8) is 0 Å². The van der Waals surface area contributed by atoms with Gasteiger partial charge in [-0.1, -0.05) is 6.07 Å². The van der Waals surface area contributed by atoms with Crippen LogP contribution in [0.5, 0.6) is 0 Å². The van der Waals surface area contributed by atoms with Crippen molar-refractivity contribution < 1.29 is 9.53 Å². The molecule has 0 aliphatic carbocycles. The minimum absolute atomic E-state index is 0.0115. The van der Waals surface area contributed by atoms with Gasteiger partial charge in [0.15, 0.2) is 0 Å². The van der Waals surface area contributed by atoms with E-state index in [9.17, 15) is 4.79 Å². The maximum Gasteiger partial charge on any atom is 0.246 e. The van der Waals surface area contributed by atoms with Crippen LogP contribution in [0.15, 0.2) is 17.5 Å². The molecule has 2 rings (SSSR count). The number of amides is 1. The summed E-state index contributed by atoms with van der Waals surface area (Å²) in [5, 5.41) is 8.32. The SMILES string of the molecule is CC(Cc1cccs1)NC(=O)COC1CCNCC1. The molecule has 4 nitrogen and oxygen atoms in total. The number of thiophene rings is 1. The molecule has 1 aliphatic heterocycles. The first kappa shape index (κ1) is 14.5. The van der Waals surface area contributed by atoms with Gasteiger partial charge in [-0.05, 0) is 44.3 Å². The Balaban J connectivity index is 1.63. The molecule has 2 heterocycles. The lowest BCUT2D eigenvalue weighted by atomic mass is 10.1. The molecule has 1 unspecified atom stereocenters. The molecule has 2 N–H and O–H groups in total. The summed E-state index contributed by atoms with van der Waals surface area (Å²) in [5.74, 6) is -0.0115. The summed E-state index contributed by atoms with van der Waals surface area (Å²) in [6.07, 6.45) is 3.12. The molecule has 0 radical (unpaired) electrons. The Labute approximate surface area is 118 Å². The van der Waals surface area contributed by atoms with E-state index in [0.29, 0.717) is 0 Å². The van der Waals surface area contributed by atoms with Gasteiger partial charge >= 0.3 is 0 Å². The summed E-state index contributed by atoms with van der Waals surface area (Å²) in [6.45, 7) is 4.18. The first-order valence-electron chi connectivity index (χ1n) is 6.88. The van der Waals surface area contributed by atoms with Gasteiger partial charge in [-0.2, -0.15) is 0 Å². The number of rotatable bonds is 6. The van der Waals surface area contributed by atoms with Crippen LogP contribution in [0.2, 0.25) is 0 Å². The van der Waals surface area contributed by atoms with Crippen LogP contribution >= 0.6 is 11.3 Å². The number of hydrogen-bond acceptors (Lipinski definition) is 4. The van der Waals surface area contributed by atoms with E-state index in [-0.39, 0.29) is 24.7 Å². The van der Waals surface area contributed by atoms with Crippen LogP contribution in [0.4, 0.5) is 0 Å². The van der Waals surface area contributed by atoms with Crippen molar-refractivity contribution in [1.29, 1.82) is 0 Å². The summed E-state index contributed by atoms with van der Waals surface area (Å²) in [5.41, 5.74) is 0. The standard InChI is InChI=1S/C14H22N2O2S/c1-11(9-13-3-2-8-19-13)16-14(17)10-18-12-4-6-15-7-5-12/h2-3,8,11-12,15H,4-7,9-10H2,1H3,(H,16,17). The second kappa shape index (κ2) is 7.62. The van der Waals surface area contributed by atoms with Gasteiger partial charge in [0.25, 0.3) is 0 Å². The second-order valence-corrected chi connectivity index (χ2v) is 6.04. The van der Waals surface area contributed by atoms with E-state index in [1.807, 2.05) is 13.0 Å². The molecular weight excluding hydrogens is 260 g/mol. The fourth-order valence-corrected chi connectivity index (χ4v) is 3.09. The smallest absolute Gasteiger partial charge is 0.246 e. The van der Waals surface area contributed by atoms with E-state index in [1.54, 1.807) is 11.3 Å². The van der Waals surface area contributed by atoms with Gasteiger partial charge in [0.1, 0.15) is 6.61 Å². The van der Waals surface area contributed by atoms with Crippen LogP contribution in [0, 0.1) is 0 Å². The third-order valence-corrected chi connectivity index (χ3v) is 4.13. The van der Waals surface area contributed by atoms with Crippen molar-refractivity contribution >= 4 is 17.2 Å². The van der Waals surface area contributed by atoms with Gasteiger partial charge in [0.2, 0.25) is 5.91 Å². The fraction of sp³-hybridized carbons (Fsp3) is 0.643. The van der Waals surface area contributed by atoms with Gasteiger partial charge in [-0.25, -0.2) is 0 Å². The first-order valence-corrected chi connectivity index (χ1v) is 7.76. The summed E-state index contributed by atoms with van der Waals surface area (Å²) in [4.78, 5) is 13.1. The molecule has 0 aromatic carbocycles. The van der Waals surface area contributed by atoms with E-state index in [4.69, 9.17) is 4.74 Å². The highest BCUT2D eigenvalue weighted by Crippen LogP contribution is 2.11. The Morgan fingerprint density at radius 1 is 1.58 bits per heavy atom. The van der Waals surface area contributed by atoms with Crippen molar-refractivity contribution in [2.75, 3.05) is 19.7 Å². The van der Waals surface area contributed by atoms with Crippen LogP contribution in [0.1, 0.15) is 24.6 Å². The highest BCUT2D eigenvalue weighted by molar-refractivity contribution is 7.09.